The average Bonchev–Trinajstić information content (AvgIpc) is 3.46. The Kier molecular flexibility index (Phi) is 5.92. The molecular formula is C24H26N10O2. The van der Waals surface area contributed by atoms with E-state index in [-0.39, 0.29) is 23.1 Å². The van der Waals surface area contributed by atoms with Crippen LogP contribution in [0.4, 0.5) is 11.6 Å². The number of benzene rings is 1. The normalized spacial score (nSPS) is 13.0. The van der Waals surface area contributed by atoms with E-state index in [0.29, 0.717) is 22.8 Å². The Morgan fingerprint density at radius 3 is 2.47 bits per heavy atom. The standard InChI is InChI=1S/C17H18N4O.C7H8N6O/c1-3-15-19-14-6-4-5-13(11-9-18-20(2)10-11)16(14)17(22)21(15)12-7-8-12;1-3-12-7(14-13-3)4-5(8)10-2-11-6(4)9/h4-6,9-10,12H,3,7-8H2,1-2H3;2H,1H3,(H4,8,9,10,11). The summed E-state index contributed by atoms with van der Waals surface area (Å²) in [5, 5.41) is 8.55. The van der Waals surface area contributed by atoms with Gasteiger partial charge in [0.05, 0.1) is 17.1 Å². The highest BCUT2D eigenvalue weighted by Gasteiger charge is 2.28. The molecule has 6 rings (SSSR count). The molecule has 0 aliphatic heterocycles. The molecule has 12 nitrogen and oxygen atoms in total. The molecular weight excluding hydrogens is 460 g/mol. The van der Waals surface area contributed by atoms with E-state index in [4.69, 9.17) is 21.0 Å². The second-order valence-corrected chi connectivity index (χ2v) is 8.56. The van der Waals surface area contributed by atoms with E-state index in [9.17, 15) is 4.79 Å². The summed E-state index contributed by atoms with van der Waals surface area (Å²) in [6.45, 7) is 3.75. The maximum atomic E-state index is 13.1. The number of fused-ring (bicyclic) bond motifs is 1. The Morgan fingerprint density at radius 2 is 1.89 bits per heavy atom. The van der Waals surface area contributed by atoms with Gasteiger partial charge < -0.3 is 16.0 Å². The lowest BCUT2D eigenvalue weighted by Gasteiger charge is -2.13. The Labute approximate surface area is 206 Å². The van der Waals surface area contributed by atoms with Crippen LogP contribution in [0.15, 0.2) is 46.2 Å². The summed E-state index contributed by atoms with van der Waals surface area (Å²) in [6, 6.07) is 6.19. The predicted octanol–water partition coefficient (Wildman–Crippen LogP) is 2.69. The molecule has 0 bridgehead atoms. The molecule has 4 heterocycles. The van der Waals surface area contributed by atoms with Crippen molar-refractivity contribution < 1.29 is 4.52 Å². The summed E-state index contributed by atoms with van der Waals surface area (Å²) in [6.07, 6.45) is 7.94. The van der Waals surface area contributed by atoms with Crippen LogP contribution in [-0.4, -0.2) is 39.4 Å². The van der Waals surface area contributed by atoms with Crippen LogP contribution in [0.1, 0.15) is 37.5 Å². The zero-order valence-electron chi connectivity index (χ0n) is 20.2. The quantitative estimate of drug-likeness (QED) is 0.385. The monoisotopic (exact) mass is 486 g/mol. The summed E-state index contributed by atoms with van der Waals surface area (Å²) < 4.78 is 8.57. The number of aryl methyl sites for hydroxylation is 3. The maximum Gasteiger partial charge on any atom is 0.265 e. The summed E-state index contributed by atoms with van der Waals surface area (Å²) in [5.74, 6) is 2.08. The van der Waals surface area contributed by atoms with Crippen molar-refractivity contribution in [3.05, 3.63) is 58.9 Å². The van der Waals surface area contributed by atoms with Gasteiger partial charge in [-0.05, 0) is 31.4 Å². The molecule has 0 spiro atoms. The number of nitrogen functional groups attached to an aromatic ring is 2. The molecule has 4 aromatic heterocycles. The molecule has 0 radical (unpaired) electrons. The highest BCUT2D eigenvalue weighted by molar-refractivity contribution is 5.93. The molecule has 1 aromatic carbocycles. The third-order valence-electron chi connectivity index (χ3n) is 5.89. The van der Waals surface area contributed by atoms with E-state index >= 15 is 0 Å². The van der Waals surface area contributed by atoms with Crippen molar-refractivity contribution in [1.29, 1.82) is 0 Å². The first kappa shape index (κ1) is 23.1. The Bertz CT molecular complexity index is 1590. The van der Waals surface area contributed by atoms with E-state index in [1.165, 1.54) is 6.33 Å². The van der Waals surface area contributed by atoms with Crippen molar-refractivity contribution in [2.45, 2.75) is 39.2 Å². The van der Waals surface area contributed by atoms with Crippen LogP contribution in [0.25, 0.3) is 33.5 Å². The number of anilines is 2. The van der Waals surface area contributed by atoms with Gasteiger partial charge in [-0.2, -0.15) is 10.1 Å². The van der Waals surface area contributed by atoms with E-state index < -0.39 is 0 Å². The first-order valence-electron chi connectivity index (χ1n) is 11.6. The lowest BCUT2D eigenvalue weighted by atomic mass is 10.0. The number of hydrogen-bond acceptors (Lipinski definition) is 10. The molecule has 184 valence electrons. The maximum absolute atomic E-state index is 13.1. The van der Waals surface area contributed by atoms with Crippen LogP contribution in [0.5, 0.6) is 0 Å². The molecule has 1 fully saturated rings. The number of nitrogens with two attached hydrogens (primary N) is 2. The Hall–Kier alpha value is -4.61. The fourth-order valence-electron chi connectivity index (χ4n) is 4.08. The first-order chi connectivity index (χ1) is 17.4. The van der Waals surface area contributed by atoms with E-state index in [1.807, 2.05) is 36.0 Å². The van der Waals surface area contributed by atoms with Gasteiger partial charge in [0.15, 0.2) is 5.82 Å². The molecule has 0 unspecified atom stereocenters. The largest absolute Gasteiger partial charge is 0.383 e. The average molecular weight is 487 g/mol. The second kappa shape index (κ2) is 9.21. The van der Waals surface area contributed by atoms with Gasteiger partial charge in [0.25, 0.3) is 11.4 Å². The van der Waals surface area contributed by atoms with Crippen molar-refractivity contribution in [2.24, 2.45) is 7.05 Å². The molecule has 0 amide bonds. The summed E-state index contributed by atoms with van der Waals surface area (Å²) in [7, 11) is 1.88. The van der Waals surface area contributed by atoms with Crippen molar-refractivity contribution in [1.82, 2.24) is 39.4 Å². The van der Waals surface area contributed by atoms with Gasteiger partial charge in [-0.15, -0.1) is 0 Å². The van der Waals surface area contributed by atoms with Gasteiger partial charge in [-0.1, -0.05) is 24.2 Å². The molecule has 0 atom stereocenters. The Morgan fingerprint density at radius 1 is 1.14 bits per heavy atom. The van der Waals surface area contributed by atoms with Gasteiger partial charge in [-0.3, -0.25) is 14.0 Å². The van der Waals surface area contributed by atoms with Gasteiger partial charge in [-0.25, -0.2) is 15.0 Å². The van der Waals surface area contributed by atoms with Gasteiger partial charge in [0.1, 0.15) is 29.4 Å². The third-order valence-corrected chi connectivity index (χ3v) is 5.89. The van der Waals surface area contributed by atoms with Gasteiger partial charge in [0, 0.05) is 31.3 Å². The molecule has 4 N–H and O–H groups in total. The number of aromatic nitrogens is 8. The van der Waals surface area contributed by atoms with Crippen LogP contribution in [0, 0.1) is 6.92 Å². The first-order valence-corrected chi connectivity index (χ1v) is 11.6. The van der Waals surface area contributed by atoms with Crippen molar-refractivity contribution in [3.63, 3.8) is 0 Å². The van der Waals surface area contributed by atoms with Crippen molar-refractivity contribution in [2.75, 3.05) is 11.5 Å². The van der Waals surface area contributed by atoms with Crippen LogP contribution in [0.2, 0.25) is 0 Å². The molecule has 12 heteroatoms. The highest BCUT2D eigenvalue weighted by atomic mass is 16.5. The molecule has 5 aromatic rings. The smallest absolute Gasteiger partial charge is 0.265 e. The molecule has 1 saturated carbocycles. The van der Waals surface area contributed by atoms with Crippen LogP contribution >= 0.6 is 0 Å². The van der Waals surface area contributed by atoms with Gasteiger partial charge in [0.2, 0.25) is 0 Å². The zero-order chi connectivity index (χ0) is 25.4. The summed E-state index contributed by atoms with van der Waals surface area (Å²) in [4.78, 5) is 29.4. The summed E-state index contributed by atoms with van der Waals surface area (Å²) in [5.41, 5.74) is 14.3. The fraction of sp³-hybridized carbons (Fsp3) is 0.292. The SMILES string of the molecule is CCc1nc2cccc(-c3cnn(C)c3)c2c(=O)n1C1CC1.Cc1noc(-c2c(N)ncnc2N)n1. The second-order valence-electron chi connectivity index (χ2n) is 8.56. The van der Waals surface area contributed by atoms with E-state index in [0.717, 1.165) is 41.7 Å². The minimum Gasteiger partial charge on any atom is -0.383 e. The van der Waals surface area contributed by atoms with E-state index in [1.54, 1.807) is 17.8 Å². The molecule has 0 saturated heterocycles. The van der Waals surface area contributed by atoms with Crippen LogP contribution in [0.3, 0.4) is 0 Å². The van der Waals surface area contributed by atoms with Crippen molar-refractivity contribution >= 4 is 22.5 Å². The lowest BCUT2D eigenvalue weighted by Crippen LogP contribution is -2.24. The summed E-state index contributed by atoms with van der Waals surface area (Å²) >= 11 is 0. The highest BCUT2D eigenvalue weighted by Crippen LogP contribution is 2.35. The fourth-order valence-corrected chi connectivity index (χ4v) is 4.08. The molecule has 1 aliphatic rings. The number of hydrogen-bond donors (Lipinski definition) is 2. The van der Waals surface area contributed by atoms with Crippen LogP contribution in [-0.2, 0) is 13.5 Å². The number of nitrogens with zero attached hydrogens (tertiary/aromatic N) is 8. The van der Waals surface area contributed by atoms with Crippen LogP contribution < -0.4 is 17.0 Å². The van der Waals surface area contributed by atoms with E-state index in [2.05, 4.69) is 32.1 Å². The molecule has 36 heavy (non-hydrogen) atoms. The van der Waals surface area contributed by atoms with Gasteiger partial charge >= 0.3 is 0 Å². The topological polar surface area (TPSA) is 169 Å². The lowest BCUT2D eigenvalue weighted by molar-refractivity contribution is 0.425. The number of rotatable bonds is 4. The zero-order valence-corrected chi connectivity index (χ0v) is 20.2. The Balaban J connectivity index is 0.000000165. The third kappa shape index (κ3) is 4.28. The predicted molar refractivity (Wildman–Crippen MR) is 135 cm³/mol. The minimum absolute atomic E-state index is 0.0869. The minimum atomic E-state index is 0.0869. The molecule has 1 aliphatic carbocycles. The van der Waals surface area contributed by atoms with Crippen molar-refractivity contribution in [3.8, 4) is 22.6 Å².